The van der Waals surface area contributed by atoms with Crippen LogP contribution in [0, 0.1) is 0 Å². The summed E-state index contributed by atoms with van der Waals surface area (Å²) in [4.78, 5) is 29.1. The van der Waals surface area contributed by atoms with E-state index < -0.39 is 11.9 Å². The molecule has 2 aromatic heterocycles. The van der Waals surface area contributed by atoms with E-state index in [0.29, 0.717) is 18.1 Å². The van der Waals surface area contributed by atoms with Crippen LogP contribution >= 0.6 is 23.1 Å². The summed E-state index contributed by atoms with van der Waals surface area (Å²) in [5, 5.41) is 14.4. The van der Waals surface area contributed by atoms with Crippen molar-refractivity contribution in [2.45, 2.75) is 18.1 Å². The van der Waals surface area contributed by atoms with E-state index >= 15 is 0 Å². The standard InChI is InChI=1S/C17H17N5O2S2/c23-15(20-16(24)18-10-12-5-2-1-3-6-12)11-26-17-19-14(21-22-17)9-13-7-4-8-25-13/h1-8H,9-11H2,(H,19,21,22)(H2,18,20,23,24). The first-order valence-electron chi connectivity index (χ1n) is 7.87. The molecule has 0 fully saturated rings. The van der Waals surface area contributed by atoms with E-state index in [0.717, 1.165) is 11.4 Å². The zero-order chi connectivity index (χ0) is 18.2. The quantitative estimate of drug-likeness (QED) is 0.541. The third-order valence-electron chi connectivity index (χ3n) is 3.31. The number of H-pyrrole nitrogens is 1. The number of rotatable bonds is 7. The first-order valence-corrected chi connectivity index (χ1v) is 9.73. The minimum absolute atomic E-state index is 0.0645. The van der Waals surface area contributed by atoms with Crippen molar-refractivity contribution in [2.75, 3.05) is 5.75 Å². The molecule has 7 nitrogen and oxygen atoms in total. The second-order valence-electron chi connectivity index (χ2n) is 5.33. The fourth-order valence-electron chi connectivity index (χ4n) is 2.11. The number of carbonyl (C=O) groups is 2. The largest absolute Gasteiger partial charge is 0.334 e. The van der Waals surface area contributed by atoms with E-state index in [1.807, 2.05) is 47.8 Å². The van der Waals surface area contributed by atoms with Crippen molar-refractivity contribution in [3.63, 3.8) is 0 Å². The van der Waals surface area contributed by atoms with Gasteiger partial charge in [-0.05, 0) is 17.0 Å². The summed E-state index contributed by atoms with van der Waals surface area (Å²) in [6.07, 6.45) is 0.680. The fraction of sp³-hybridized carbons (Fsp3) is 0.176. The number of benzene rings is 1. The van der Waals surface area contributed by atoms with Crippen molar-refractivity contribution in [3.8, 4) is 0 Å². The van der Waals surface area contributed by atoms with Gasteiger partial charge >= 0.3 is 6.03 Å². The average Bonchev–Trinajstić information content (AvgIpc) is 3.32. The van der Waals surface area contributed by atoms with E-state index in [1.54, 1.807) is 11.3 Å². The molecular weight excluding hydrogens is 370 g/mol. The molecule has 3 rings (SSSR count). The van der Waals surface area contributed by atoms with Crippen LogP contribution in [0.4, 0.5) is 4.79 Å². The topological polar surface area (TPSA) is 99.8 Å². The highest BCUT2D eigenvalue weighted by molar-refractivity contribution is 7.99. The molecule has 1 aromatic carbocycles. The number of urea groups is 1. The highest BCUT2D eigenvalue weighted by atomic mass is 32.2. The summed E-state index contributed by atoms with van der Waals surface area (Å²) in [5.74, 6) is 0.413. The molecule has 3 aromatic rings. The van der Waals surface area contributed by atoms with Gasteiger partial charge in [0.05, 0.1) is 5.75 Å². The first-order chi connectivity index (χ1) is 12.7. The number of carbonyl (C=O) groups excluding carboxylic acids is 2. The number of nitrogens with zero attached hydrogens (tertiary/aromatic N) is 2. The predicted molar refractivity (Wildman–Crippen MR) is 101 cm³/mol. The molecule has 26 heavy (non-hydrogen) atoms. The van der Waals surface area contributed by atoms with Crippen molar-refractivity contribution in [3.05, 3.63) is 64.1 Å². The highest BCUT2D eigenvalue weighted by Gasteiger charge is 2.11. The number of thioether (sulfide) groups is 1. The molecule has 9 heteroatoms. The van der Waals surface area contributed by atoms with Gasteiger partial charge in [0, 0.05) is 17.8 Å². The van der Waals surface area contributed by atoms with Crippen molar-refractivity contribution < 1.29 is 9.59 Å². The molecule has 3 N–H and O–H groups in total. The average molecular weight is 387 g/mol. The maximum atomic E-state index is 11.8. The fourth-order valence-corrected chi connectivity index (χ4v) is 3.44. The zero-order valence-electron chi connectivity index (χ0n) is 13.8. The normalized spacial score (nSPS) is 10.5. The van der Waals surface area contributed by atoms with Crippen molar-refractivity contribution in [1.29, 1.82) is 0 Å². The Morgan fingerprint density at radius 1 is 1.15 bits per heavy atom. The molecule has 0 aliphatic heterocycles. The number of nitrogens with one attached hydrogen (secondary N) is 3. The summed E-state index contributed by atoms with van der Waals surface area (Å²) in [5.41, 5.74) is 0.962. The molecule has 3 amide bonds. The molecule has 0 spiro atoms. The summed E-state index contributed by atoms with van der Waals surface area (Å²) in [6.45, 7) is 0.361. The highest BCUT2D eigenvalue weighted by Crippen LogP contribution is 2.16. The van der Waals surface area contributed by atoms with Crippen molar-refractivity contribution in [2.24, 2.45) is 0 Å². The van der Waals surface area contributed by atoms with E-state index in [-0.39, 0.29) is 5.75 Å². The third kappa shape index (κ3) is 5.71. The second kappa shape index (κ2) is 9.16. The maximum Gasteiger partial charge on any atom is 0.321 e. The van der Waals surface area contributed by atoms with Gasteiger partial charge in [0.2, 0.25) is 11.1 Å². The Kier molecular flexibility index (Phi) is 6.39. The smallest absolute Gasteiger partial charge is 0.321 e. The van der Waals surface area contributed by atoms with Crippen LogP contribution in [0.5, 0.6) is 0 Å². The minimum Gasteiger partial charge on any atom is -0.334 e. The molecule has 0 saturated heterocycles. The molecule has 2 heterocycles. The molecule has 0 aliphatic carbocycles. The number of thiophene rings is 1. The molecule has 0 aliphatic rings. The lowest BCUT2D eigenvalue weighted by Gasteiger charge is -2.06. The van der Waals surface area contributed by atoms with Crippen LogP contribution in [0.1, 0.15) is 16.3 Å². The molecule has 0 radical (unpaired) electrons. The van der Waals surface area contributed by atoms with Crippen LogP contribution in [0.25, 0.3) is 0 Å². The van der Waals surface area contributed by atoms with Gasteiger partial charge in [0.25, 0.3) is 0 Å². The van der Waals surface area contributed by atoms with E-state index in [1.165, 1.54) is 16.6 Å². The number of aromatic amines is 1. The molecule has 0 unspecified atom stereocenters. The lowest BCUT2D eigenvalue weighted by atomic mass is 10.2. The first kappa shape index (κ1) is 18.2. The monoisotopic (exact) mass is 387 g/mol. The molecule has 134 valence electrons. The van der Waals surface area contributed by atoms with E-state index in [4.69, 9.17) is 0 Å². The number of imide groups is 1. The molecule has 0 saturated carbocycles. The van der Waals surface area contributed by atoms with Crippen LogP contribution in [0.15, 0.2) is 53.0 Å². The summed E-state index contributed by atoms with van der Waals surface area (Å²) < 4.78 is 0. The van der Waals surface area contributed by atoms with Gasteiger partial charge in [-0.15, -0.1) is 16.4 Å². The summed E-state index contributed by atoms with van der Waals surface area (Å²) in [6, 6.07) is 13.0. The number of amides is 3. The van der Waals surface area contributed by atoms with Crippen LogP contribution < -0.4 is 10.6 Å². The number of hydrogen-bond donors (Lipinski definition) is 3. The zero-order valence-corrected chi connectivity index (χ0v) is 15.4. The van der Waals surface area contributed by atoms with Gasteiger partial charge < -0.3 is 5.32 Å². The SMILES string of the molecule is O=C(CSc1n[nH]c(Cc2cccs2)n1)NC(=O)NCc1ccccc1. The lowest BCUT2D eigenvalue weighted by molar-refractivity contribution is -0.117. The van der Waals surface area contributed by atoms with Gasteiger partial charge in [-0.2, -0.15) is 0 Å². The van der Waals surface area contributed by atoms with Crippen molar-refractivity contribution >= 4 is 35.0 Å². The molecular formula is C17H17N5O2S2. The Morgan fingerprint density at radius 3 is 2.77 bits per heavy atom. The number of aromatic nitrogens is 3. The maximum absolute atomic E-state index is 11.8. The van der Waals surface area contributed by atoms with E-state index in [9.17, 15) is 9.59 Å². The Balaban J connectivity index is 1.38. The van der Waals surface area contributed by atoms with Crippen LogP contribution in [-0.4, -0.2) is 32.9 Å². The van der Waals surface area contributed by atoms with Crippen molar-refractivity contribution in [1.82, 2.24) is 25.8 Å². The minimum atomic E-state index is -0.521. The molecule has 0 bridgehead atoms. The Hall–Kier alpha value is -2.65. The number of hydrogen-bond acceptors (Lipinski definition) is 6. The van der Waals surface area contributed by atoms with Crippen LogP contribution in [-0.2, 0) is 17.8 Å². The predicted octanol–water partition coefficient (Wildman–Crippen LogP) is 2.58. The van der Waals surface area contributed by atoms with Crippen LogP contribution in [0.2, 0.25) is 0 Å². The summed E-state index contributed by atoms with van der Waals surface area (Å²) >= 11 is 2.83. The lowest BCUT2D eigenvalue weighted by Crippen LogP contribution is -2.39. The Bertz CT molecular complexity index is 849. The van der Waals surface area contributed by atoms with Gasteiger partial charge in [0.15, 0.2) is 0 Å². The van der Waals surface area contributed by atoms with Gasteiger partial charge in [-0.1, -0.05) is 48.2 Å². The summed E-state index contributed by atoms with van der Waals surface area (Å²) in [7, 11) is 0. The molecule has 0 atom stereocenters. The Morgan fingerprint density at radius 2 is 2.00 bits per heavy atom. The third-order valence-corrected chi connectivity index (χ3v) is 5.04. The van der Waals surface area contributed by atoms with E-state index in [2.05, 4.69) is 25.8 Å². The van der Waals surface area contributed by atoms with Gasteiger partial charge in [0.1, 0.15) is 5.82 Å². The van der Waals surface area contributed by atoms with Gasteiger partial charge in [-0.25, -0.2) is 9.78 Å². The second-order valence-corrected chi connectivity index (χ2v) is 7.30. The van der Waals surface area contributed by atoms with Gasteiger partial charge in [-0.3, -0.25) is 15.2 Å². The van der Waals surface area contributed by atoms with Crippen LogP contribution in [0.3, 0.4) is 0 Å². The Labute approximate surface area is 158 Å².